The largest absolute Gasteiger partial charge is 0.463 e. The zero-order valence-electron chi connectivity index (χ0n) is 13.7. The van der Waals surface area contributed by atoms with Crippen molar-refractivity contribution in [3.05, 3.63) is 66.0 Å². The average molecular weight is 307 g/mol. The molecule has 3 rings (SSSR count). The second-order valence-electron chi connectivity index (χ2n) is 6.83. The van der Waals surface area contributed by atoms with Crippen molar-refractivity contribution in [3.63, 3.8) is 0 Å². The number of hydrogen-bond donors (Lipinski definition) is 0. The molecular formula is C20H21NO2. The summed E-state index contributed by atoms with van der Waals surface area (Å²) in [5.41, 5.74) is 5.92. The van der Waals surface area contributed by atoms with Crippen LogP contribution < -0.4 is 0 Å². The summed E-state index contributed by atoms with van der Waals surface area (Å²) in [7, 11) is 0. The van der Waals surface area contributed by atoms with E-state index < -0.39 is 0 Å². The minimum Gasteiger partial charge on any atom is -0.463 e. The number of carbonyl (C=O) groups excluding carboxylic acids is 1. The molecule has 0 amide bonds. The lowest BCUT2D eigenvalue weighted by Crippen LogP contribution is -2.10. The zero-order chi connectivity index (χ0) is 16.4. The molecule has 0 atom stereocenters. The van der Waals surface area contributed by atoms with E-state index in [1.807, 2.05) is 12.3 Å². The molecule has 0 saturated heterocycles. The number of carbonyl (C=O) groups is 1. The van der Waals surface area contributed by atoms with Crippen molar-refractivity contribution in [1.82, 2.24) is 4.40 Å². The van der Waals surface area contributed by atoms with Crippen LogP contribution in [0, 0.1) is 0 Å². The van der Waals surface area contributed by atoms with Gasteiger partial charge in [-0.2, -0.15) is 0 Å². The Labute approximate surface area is 136 Å². The van der Waals surface area contributed by atoms with Gasteiger partial charge in [-0.05, 0) is 34.2 Å². The van der Waals surface area contributed by atoms with Crippen molar-refractivity contribution in [2.45, 2.75) is 32.8 Å². The molecule has 0 aliphatic rings. The first-order valence-electron chi connectivity index (χ1n) is 7.74. The fraction of sp³-hybridized carbons (Fsp3) is 0.250. The molecule has 0 radical (unpaired) electrons. The van der Waals surface area contributed by atoms with E-state index in [1.54, 1.807) is 0 Å². The number of fused-ring (bicyclic) bond motifs is 1. The van der Waals surface area contributed by atoms with Crippen LogP contribution in [0.4, 0.5) is 0 Å². The standard InChI is InChI=1S/C20H21NO2/c1-20(2,3)18-7-4-16(5-8-18)17-6-9-19-10-15(13-23-14-22)11-21(19)12-17/h4-12,14H,13H2,1-3H3. The third kappa shape index (κ3) is 3.29. The third-order valence-corrected chi connectivity index (χ3v) is 4.05. The minimum absolute atomic E-state index is 0.163. The first-order chi connectivity index (χ1) is 11.0. The molecule has 2 aromatic heterocycles. The Kier molecular flexibility index (Phi) is 3.95. The van der Waals surface area contributed by atoms with Crippen LogP contribution in [-0.2, 0) is 21.6 Å². The summed E-state index contributed by atoms with van der Waals surface area (Å²) < 4.78 is 6.88. The molecule has 2 heterocycles. The molecule has 118 valence electrons. The van der Waals surface area contributed by atoms with E-state index in [4.69, 9.17) is 4.74 Å². The van der Waals surface area contributed by atoms with Gasteiger partial charge in [0, 0.05) is 23.5 Å². The maximum atomic E-state index is 10.3. The van der Waals surface area contributed by atoms with Gasteiger partial charge < -0.3 is 9.14 Å². The molecule has 0 spiro atoms. The molecule has 0 aliphatic heterocycles. The van der Waals surface area contributed by atoms with Crippen LogP contribution in [-0.4, -0.2) is 10.9 Å². The van der Waals surface area contributed by atoms with E-state index in [-0.39, 0.29) is 5.41 Å². The number of pyridine rings is 1. The quantitative estimate of drug-likeness (QED) is 0.661. The predicted octanol–water partition coefficient (Wildman–Crippen LogP) is 4.58. The summed E-state index contributed by atoms with van der Waals surface area (Å²) in [5.74, 6) is 0. The lowest BCUT2D eigenvalue weighted by molar-refractivity contribution is -0.129. The topological polar surface area (TPSA) is 30.7 Å². The Bertz CT molecular complexity index is 823. The van der Waals surface area contributed by atoms with Crippen LogP contribution in [0.25, 0.3) is 16.6 Å². The zero-order valence-corrected chi connectivity index (χ0v) is 13.7. The van der Waals surface area contributed by atoms with Gasteiger partial charge in [0.2, 0.25) is 0 Å². The fourth-order valence-corrected chi connectivity index (χ4v) is 2.71. The van der Waals surface area contributed by atoms with Gasteiger partial charge in [0.05, 0.1) is 0 Å². The van der Waals surface area contributed by atoms with Crippen molar-refractivity contribution < 1.29 is 9.53 Å². The summed E-state index contributed by atoms with van der Waals surface area (Å²) in [6.45, 7) is 7.44. The number of nitrogens with zero attached hydrogens (tertiary/aromatic N) is 1. The molecule has 23 heavy (non-hydrogen) atoms. The molecule has 0 fully saturated rings. The minimum atomic E-state index is 0.163. The van der Waals surface area contributed by atoms with Crippen LogP contribution in [0.2, 0.25) is 0 Å². The normalized spacial score (nSPS) is 11.6. The van der Waals surface area contributed by atoms with Crippen molar-refractivity contribution in [1.29, 1.82) is 0 Å². The Hall–Kier alpha value is -2.55. The summed E-state index contributed by atoms with van der Waals surface area (Å²) in [6, 6.07) is 14.9. The lowest BCUT2D eigenvalue weighted by atomic mass is 9.86. The van der Waals surface area contributed by atoms with E-state index in [9.17, 15) is 4.79 Å². The van der Waals surface area contributed by atoms with E-state index in [0.29, 0.717) is 13.1 Å². The summed E-state index contributed by atoms with van der Waals surface area (Å²) >= 11 is 0. The van der Waals surface area contributed by atoms with E-state index >= 15 is 0 Å². The highest BCUT2D eigenvalue weighted by atomic mass is 16.5. The van der Waals surface area contributed by atoms with Gasteiger partial charge in [-0.3, -0.25) is 4.79 Å². The van der Waals surface area contributed by atoms with Gasteiger partial charge in [-0.15, -0.1) is 0 Å². The van der Waals surface area contributed by atoms with Crippen molar-refractivity contribution in [2.75, 3.05) is 0 Å². The molecule has 3 aromatic rings. The van der Waals surface area contributed by atoms with Gasteiger partial charge >= 0.3 is 0 Å². The number of hydrogen-bond acceptors (Lipinski definition) is 2. The number of aromatic nitrogens is 1. The summed E-state index contributed by atoms with van der Waals surface area (Å²) in [4.78, 5) is 10.3. The Morgan fingerprint density at radius 3 is 2.35 bits per heavy atom. The molecule has 0 aliphatic carbocycles. The molecule has 3 nitrogen and oxygen atoms in total. The Morgan fingerprint density at radius 2 is 1.70 bits per heavy atom. The maximum Gasteiger partial charge on any atom is 0.293 e. The first-order valence-corrected chi connectivity index (χ1v) is 7.74. The van der Waals surface area contributed by atoms with Crippen molar-refractivity contribution in [2.24, 2.45) is 0 Å². The molecule has 0 saturated carbocycles. The van der Waals surface area contributed by atoms with Crippen molar-refractivity contribution >= 4 is 12.0 Å². The fourth-order valence-electron chi connectivity index (χ4n) is 2.71. The highest BCUT2D eigenvalue weighted by Gasteiger charge is 2.13. The van der Waals surface area contributed by atoms with Crippen LogP contribution >= 0.6 is 0 Å². The van der Waals surface area contributed by atoms with Gasteiger partial charge in [0.15, 0.2) is 0 Å². The van der Waals surface area contributed by atoms with E-state index in [1.165, 1.54) is 11.1 Å². The molecule has 0 N–H and O–H groups in total. The summed E-state index contributed by atoms with van der Waals surface area (Å²) in [5, 5.41) is 0. The number of ether oxygens (including phenoxy) is 1. The molecule has 3 heteroatoms. The highest BCUT2D eigenvalue weighted by molar-refractivity contribution is 5.66. The smallest absolute Gasteiger partial charge is 0.293 e. The van der Waals surface area contributed by atoms with Crippen molar-refractivity contribution in [3.8, 4) is 11.1 Å². The van der Waals surface area contributed by atoms with Gasteiger partial charge in [-0.1, -0.05) is 51.1 Å². The molecule has 0 bridgehead atoms. The monoisotopic (exact) mass is 307 g/mol. The maximum absolute atomic E-state index is 10.3. The van der Waals surface area contributed by atoms with Gasteiger partial charge in [-0.25, -0.2) is 0 Å². The van der Waals surface area contributed by atoms with Crippen LogP contribution in [0.1, 0.15) is 31.9 Å². The number of rotatable bonds is 4. The lowest BCUT2D eigenvalue weighted by Gasteiger charge is -2.19. The average Bonchev–Trinajstić information content (AvgIpc) is 2.94. The number of benzene rings is 1. The highest BCUT2D eigenvalue weighted by Crippen LogP contribution is 2.26. The second kappa shape index (κ2) is 5.92. The SMILES string of the molecule is CC(C)(C)c1ccc(-c2ccc3cc(COC=O)cn3c2)cc1. The first kappa shape index (κ1) is 15.3. The molecular weight excluding hydrogens is 286 g/mol. The Balaban J connectivity index is 1.92. The molecule has 0 unspecified atom stereocenters. The van der Waals surface area contributed by atoms with E-state index in [0.717, 1.165) is 16.6 Å². The Morgan fingerprint density at radius 1 is 1.00 bits per heavy atom. The van der Waals surface area contributed by atoms with E-state index in [2.05, 4.69) is 67.8 Å². The predicted molar refractivity (Wildman–Crippen MR) is 92.4 cm³/mol. The third-order valence-electron chi connectivity index (χ3n) is 4.05. The van der Waals surface area contributed by atoms with Crippen LogP contribution in [0.3, 0.4) is 0 Å². The van der Waals surface area contributed by atoms with Crippen LogP contribution in [0.5, 0.6) is 0 Å². The van der Waals surface area contributed by atoms with Crippen LogP contribution in [0.15, 0.2) is 54.9 Å². The second-order valence-corrected chi connectivity index (χ2v) is 6.83. The summed E-state index contributed by atoms with van der Waals surface area (Å²) in [6.07, 6.45) is 4.09. The molecule has 1 aromatic carbocycles. The van der Waals surface area contributed by atoms with Gasteiger partial charge in [0.1, 0.15) is 6.61 Å². The van der Waals surface area contributed by atoms with Gasteiger partial charge in [0.25, 0.3) is 6.47 Å².